The number of fused-ring (bicyclic) bond motifs is 1. The van der Waals surface area contributed by atoms with E-state index in [0.717, 1.165) is 30.6 Å². The minimum Gasteiger partial charge on any atom is -0.469 e. The monoisotopic (exact) mass is 413 g/mol. The van der Waals surface area contributed by atoms with Gasteiger partial charge < -0.3 is 4.74 Å². The molecule has 24 heavy (non-hydrogen) atoms. The van der Waals surface area contributed by atoms with Gasteiger partial charge in [0, 0.05) is 18.3 Å². The summed E-state index contributed by atoms with van der Waals surface area (Å²) in [5.74, 6) is 1.74. The molecule has 0 amide bonds. The molecule has 2 aromatic rings. The number of methoxy groups -OCH3 is 1. The Kier molecular flexibility index (Phi) is 5.16. The van der Waals surface area contributed by atoms with Crippen LogP contribution in [-0.4, -0.2) is 27.4 Å². The van der Waals surface area contributed by atoms with Gasteiger partial charge in [0.2, 0.25) is 0 Å². The van der Waals surface area contributed by atoms with Gasteiger partial charge >= 0.3 is 5.97 Å². The van der Waals surface area contributed by atoms with Crippen molar-refractivity contribution in [1.29, 1.82) is 0 Å². The van der Waals surface area contributed by atoms with Crippen LogP contribution in [0.4, 0.5) is 0 Å². The summed E-state index contributed by atoms with van der Waals surface area (Å²) in [6.45, 7) is 4.35. The highest BCUT2D eigenvalue weighted by molar-refractivity contribution is 9.10. The molecule has 2 aromatic heterocycles. The molecular formula is C17H21BrClN3O2. The highest BCUT2D eigenvalue weighted by atomic mass is 79.9. The molecule has 0 bridgehead atoms. The topological polar surface area (TPSA) is 56.5 Å². The lowest BCUT2D eigenvalue weighted by Crippen LogP contribution is -2.34. The summed E-state index contributed by atoms with van der Waals surface area (Å²) in [5.41, 5.74) is 0.773. The standard InChI is InChI=1S/C17H21BrClN3O2/c1-9(2)11-5-4-10(8-12(11)17(23)24-3)16-21-14(18)13-15(19)20-6-7-22(13)16/h6-7,9-12H,4-5,8H2,1-3H3. The van der Waals surface area contributed by atoms with Crippen molar-refractivity contribution in [1.82, 2.24) is 14.4 Å². The molecule has 0 spiro atoms. The number of rotatable bonds is 3. The lowest BCUT2D eigenvalue weighted by molar-refractivity contribution is -0.149. The minimum absolute atomic E-state index is 0.0859. The molecule has 0 radical (unpaired) electrons. The summed E-state index contributed by atoms with van der Waals surface area (Å²) < 4.78 is 7.73. The molecular weight excluding hydrogens is 394 g/mol. The van der Waals surface area contributed by atoms with Gasteiger partial charge in [0.05, 0.1) is 13.0 Å². The van der Waals surface area contributed by atoms with E-state index >= 15 is 0 Å². The van der Waals surface area contributed by atoms with Crippen LogP contribution in [0.25, 0.3) is 5.52 Å². The van der Waals surface area contributed by atoms with Crippen LogP contribution in [0.1, 0.15) is 44.9 Å². The largest absolute Gasteiger partial charge is 0.469 e. The summed E-state index contributed by atoms with van der Waals surface area (Å²) >= 11 is 9.68. The number of hydrogen-bond donors (Lipinski definition) is 0. The van der Waals surface area contributed by atoms with E-state index in [0.29, 0.717) is 21.6 Å². The Hall–Kier alpha value is -1.14. The first-order chi connectivity index (χ1) is 11.4. The van der Waals surface area contributed by atoms with E-state index in [-0.39, 0.29) is 17.8 Å². The van der Waals surface area contributed by atoms with Crippen LogP contribution < -0.4 is 0 Å². The van der Waals surface area contributed by atoms with E-state index in [9.17, 15) is 4.79 Å². The highest BCUT2D eigenvalue weighted by Gasteiger charge is 2.39. The van der Waals surface area contributed by atoms with Crippen molar-refractivity contribution in [3.8, 4) is 0 Å². The normalized spacial score (nSPS) is 24.5. The average molecular weight is 415 g/mol. The van der Waals surface area contributed by atoms with Gasteiger partial charge in [-0.05, 0) is 47.0 Å². The van der Waals surface area contributed by atoms with Gasteiger partial charge in [0.1, 0.15) is 15.9 Å². The minimum atomic E-state index is -0.113. The Morgan fingerprint density at radius 1 is 1.46 bits per heavy atom. The van der Waals surface area contributed by atoms with Gasteiger partial charge in [-0.25, -0.2) is 9.97 Å². The third kappa shape index (κ3) is 3.06. The van der Waals surface area contributed by atoms with Crippen molar-refractivity contribution in [3.63, 3.8) is 0 Å². The molecule has 3 rings (SSSR count). The van der Waals surface area contributed by atoms with Crippen LogP contribution in [0.5, 0.6) is 0 Å². The van der Waals surface area contributed by atoms with Gasteiger partial charge in [0.15, 0.2) is 5.15 Å². The van der Waals surface area contributed by atoms with E-state index < -0.39 is 0 Å². The Bertz CT molecular complexity index is 762. The molecule has 0 saturated heterocycles. The van der Waals surface area contributed by atoms with E-state index in [4.69, 9.17) is 16.3 Å². The number of halogens is 2. The molecule has 1 aliphatic carbocycles. The van der Waals surface area contributed by atoms with Crippen LogP contribution in [-0.2, 0) is 9.53 Å². The fourth-order valence-electron chi connectivity index (χ4n) is 3.92. The Labute approximate surface area is 154 Å². The molecule has 0 aromatic carbocycles. The van der Waals surface area contributed by atoms with Crippen LogP contribution in [0.3, 0.4) is 0 Å². The van der Waals surface area contributed by atoms with E-state index in [1.807, 2.05) is 10.6 Å². The van der Waals surface area contributed by atoms with E-state index in [1.165, 1.54) is 7.11 Å². The van der Waals surface area contributed by atoms with Crippen molar-refractivity contribution >= 4 is 39.0 Å². The SMILES string of the molecule is COC(=O)C1CC(c2nc(Br)c3c(Cl)nccn23)CCC1C(C)C. The third-order valence-electron chi connectivity index (χ3n) is 5.12. The lowest BCUT2D eigenvalue weighted by Gasteiger charge is -2.36. The fraction of sp³-hybridized carbons (Fsp3) is 0.588. The maximum Gasteiger partial charge on any atom is 0.308 e. The number of imidazole rings is 1. The molecule has 1 saturated carbocycles. The van der Waals surface area contributed by atoms with Gasteiger partial charge in [-0.1, -0.05) is 25.4 Å². The number of carbonyl (C=O) groups is 1. The first kappa shape index (κ1) is 17.7. The highest BCUT2D eigenvalue weighted by Crippen LogP contribution is 2.43. The van der Waals surface area contributed by atoms with Crippen molar-refractivity contribution < 1.29 is 9.53 Å². The molecule has 2 heterocycles. The van der Waals surface area contributed by atoms with Crippen LogP contribution in [0, 0.1) is 17.8 Å². The number of hydrogen-bond acceptors (Lipinski definition) is 4. The average Bonchev–Trinajstić information content (AvgIpc) is 2.91. The zero-order chi connectivity index (χ0) is 17.4. The zero-order valence-electron chi connectivity index (χ0n) is 14.0. The van der Waals surface area contributed by atoms with Crippen molar-refractivity contribution in [3.05, 3.63) is 28.0 Å². The van der Waals surface area contributed by atoms with Gasteiger partial charge in [0.25, 0.3) is 0 Å². The predicted octanol–water partition coefficient (Wildman–Crippen LogP) is 4.47. The maximum atomic E-state index is 12.3. The van der Waals surface area contributed by atoms with Crippen LogP contribution in [0.15, 0.2) is 17.0 Å². The summed E-state index contributed by atoms with van der Waals surface area (Å²) in [7, 11) is 1.47. The van der Waals surface area contributed by atoms with Crippen LogP contribution >= 0.6 is 27.5 Å². The smallest absolute Gasteiger partial charge is 0.308 e. The Morgan fingerprint density at radius 3 is 2.88 bits per heavy atom. The summed E-state index contributed by atoms with van der Waals surface area (Å²) in [6.07, 6.45) is 6.29. The van der Waals surface area contributed by atoms with Crippen LogP contribution in [0.2, 0.25) is 5.15 Å². The first-order valence-electron chi connectivity index (χ1n) is 8.19. The summed E-state index contributed by atoms with van der Waals surface area (Å²) in [4.78, 5) is 21.1. The number of nitrogens with zero attached hydrogens (tertiary/aromatic N) is 3. The molecule has 3 atom stereocenters. The zero-order valence-corrected chi connectivity index (χ0v) is 16.3. The summed E-state index contributed by atoms with van der Waals surface area (Å²) in [5, 5.41) is 0.420. The second-order valence-corrected chi connectivity index (χ2v) is 7.85. The molecule has 1 aliphatic rings. The van der Waals surface area contributed by atoms with Gasteiger partial charge in [-0.15, -0.1) is 0 Å². The molecule has 1 fully saturated rings. The van der Waals surface area contributed by atoms with Gasteiger partial charge in [-0.2, -0.15) is 0 Å². The van der Waals surface area contributed by atoms with Crippen molar-refractivity contribution in [2.45, 2.75) is 39.0 Å². The fourth-order valence-corrected chi connectivity index (χ4v) is 4.83. The van der Waals surface area contributed by atoms with Gasteiger partial charge in [-0.3, -0.25) is 9.20 Å². The molecule has 130 valence electrons. The summed E-state index contributed by atoms with van der Waals surface area (Å²) in [6, 6.07) is 0. The number of carbonyl (C=O) groups excluding carboxylic acids is 1. The Balaban J connectivity index is 1.96. The molecule has 0 aliphatic heterocycles. The Morgan fingerprint density at radius 2 is 2.21 bits per heavy atom. The second-order valence-electron chi connectivity index (χ2n) is 6.74. The molecule has 5 nitrogen and oxygen atoms in total. The number of esters is 1. The molecule has 7 heteroatoms. The predicted molar refractivity (Wildman–Crippen MR) is 96.1 cm³/mol. The quantitative estimate of drug-likeness (QED) is 0.695. The van der Waals surface area contributed by atoms with Crippen molar-refractivity contribution in [2.24, 2.45) is 17.8 Å². The van der Waals surface area contributed by atoms with Crippen molar-refractivity contribution in [2.75, 3.05) is 7.11 Å². The lowest BCUT2D eigenvalue weighted by atomic mass is 9.69. The first-order valence-corrected chi connectivity index (χ1v) is 9.36. The number of aromatic nitrogens is 3. The third-order valence-corrected chi connectivity index (χ3v) is 5.95. The number of ether oxygens (including phenoxy) is 1. The van der Waals surface area contributed by atoms with E-state index in [1.54, 1.807) is 6.20 Å². The molecule has 0 N–H and O–H groups in total. The maximum absolute atomic E-state index is 12.3. The second kappa shape index (κ2) is 7.00. The molecule has 3 unspecified atom stereocenters. The van der Waals surface area contributed by atoms with E-state index in [2.05, 4.69) is 39.7 Å².